The quantitative estimate of drug-likeness (QED) is 0.653. The lowest BCUT2D eigenvalue weighted by Crippen LogP contribution is -2.36. The first-order chi connectivity index (χ1) is 11.1. The number of morpholine rings is 1. The third kappa shape index (κ3) is 3.52. The molecule has 23 heavy (non-hydrogen) atoms. The van der Waals surface area contributed by atoms with E-state index in [0.717, 1.165) is 18.9 Å². The zero-order valence-electron chi connectivity index (χ0n) is 12.4. The first-order valence-corrected chi connectivity index (χ1v) is 7.56. The van der Waals surface area contributed by atoms with Gasteiger partial charge in [0.25, 0.3) is 0 Å². The normalized spacial score (nSPS) is 15.7. The van der Waals surface area contributed by atoms with E-state index in [4.69, 9.17) is 27.8 Å². The fraction of sp³-hybridized carbons (Fsp3) is 0.267. The van der Waals surface area contributed by atoms with Crippen LogP contribution in [0.1, 0.15) is 5.69 Å². The first kappa shape index (κ1) is 15.5. The van der Waals surface area contributed by atoms with Crippen LogP contribution in [0.25, 0.3) is 0 Å². The predicted octanol–water partition coefficient (Wildman–Crippen LogP) is 1.59. The number of amidine groups is 1. The van der Waals surface area contributed by atoms with Crippen LogP contribution in [0, 0.1) is 0 Å². The summed E-state index contributed by atoms with van der Waals surface area (Å²) in [5, 5.41) is 0.523. The van der Waals surface area contributed by atoms with E-state index in [1.165, 1.54) is 0 Å². The molecule has 0 amide bonds. The van der Waals surface area contributed by atoms with Crippen molar-refractivity contribution >= 4 is 34.6 Å². The summed E-state index contributed by atoms with van der Waals surface area (Å²) < 4.78 is 5.33. The molecule has 1 aliphatic rings. The minimum absolute atomic E-state index is 0.222. The Morgan fingerprint density at radius 1 is 1.30 bits per heavy atom. The zero-order valence-corrected chi connectivity index (χ0v) is 13.2. The summed E-state index contributed by atoms with van der Waals surface area (Å²) in [7, 11) is 0. The Kier molecular flexibility index (Phi) is 4.59. The topological polar surface area (TPSA) is 103 Å². The molecule has 0 aromatic carbocycles. The van der Waals surface area contributed by atoms with Gasteiger partial charge in [-0.2, -0.15) is 0 Å². The van der Waals surface area contributed by atoms with Gasteiger partial charge < -0.3 is 21.1 Å². The van der Waals surface area contributed by atoms with Crippen LogP contribution in [0.3, 0.4) is 0 Å². The van der Waals surface area contributed by atoms with E-state index < -0.39 is 0 Å². The first-order valence-electron chi connectivity index (χ1n) is 7.18. The van der Waals surface area contributed by atoms with Gasteiger partial charge in [-0.15, -0.1) is 0 Å². The van der Waals surface area contributed by atoms with Gasteiger partial charge in [-0.05, 0) is 18.2 Å². The third-order valence-corrected chi connectivity index (χ3v) is 3.73. The van der Waals surface area contributed by atoms with Gasteiger partial charge in [0.1, 0.15) is 11.5 Å². The van der Waals surface area contributed by atoms with Crippen molar-refractivity contribution in [3.8, 4) is 0 Å². The van der Waals surface area contributed by atoms with Gasteiger partial charge in [0.2, 0.25) is 0 Å². The van der Waals surface area contributed by atoms with Crippen LogP contribution in [-0.4, -0.2) is 42.1 Å². The molecule has 120 valence electrons. The number of aromatic nitrogens is 2. The minimum atomic E-state index is 0.222. The Morgan fingerprint density at radius 2 is 2.09 bits per heavy atom. The summed E-state index contributed by atoms with van der Waals surface area (Å²) in [5.74, 6) is 0.949. The molecule has 0 radical (unpaired) electrons. The zero-order chi connectivity index (χ0) is 16.2. The molecular weight excluding hydrogens is 316 g/mol. The molecule has 0 unspecified atom stereocenters. The number of anilines is 2. The molecule has 1 aliphatic heterocycles. The number of aliphatic imine (C=N–C) groups is 1. The molecule has 8 heteroatoms. The Labute approximate surface area is 138 Å². The van der Waals surface area contributed by atoms with E-state index in [2.05, 4.69) is 19.9 Å². The fourth-order valence-electron chi connectivity index (χ4n) is 2.31. The van der Waals surface area contributed by atoms with Gasteiger partial charge in [-0.1, -0.05) is 11.6 Å². The summed E-state index contributed by atoms with van der Waals surface area (Å²) in [6, 6.07) is 5.18. The van der Waals surface area contributed by atoms with E-state index in [1.807, 2.05) is 0 Å². The van der Waals surface area contributed by atoms with Crippen molar-refractivity contribution in [2.45, 2.75) is 0 Å². The highest BCUT2D eigenvalue weighted by Crippen LogP contribution is 2.28. The molecule has 4 N–H and O–H groups in total. The Morgan fingerprint density at radius 3 is 2.78 bits per heavy atom. The van der Waals surface area contributed by atoms with Crippen LogP contribution < -0.4 is 16.4 Å². The summed E-state index contributed by atoms with van der Waals surface area (Å²) in [4.78, 5) is 14.9. The maximum Gasteiger partial charge on any atom is 0.152 e. The number of hydrogen-bond donors (Lipinski definition) is 2. The number of halogens is 1. The van der Waals surface area contributed by atoms with E-state index in [0.29, 0.717) is 35.3 Å². The fourth-order valence-corrected chi connectivity index (χ4v) is 2.59. The smallest absolute Gasteiger partial charge is 0.152 e. The molecule has 2 aromatic rings. The molecule has 2 aromatic heterocycles. The van der Waals surface area contributed by atoms with Gasteiger partial charge in [0.15, 0.2) is 5.84 Å². The van der Waals surface area contributed by atoms with E-state index >= 15 is 0 Å². The molecule has 1 fully saturated rings. The number of ether oxygens (including phenoxy) is 1. The van der Waals surface area contributed by atoms with Gasteiger partial charge in [0, 0.05) is 19.3 Å². The van der Waals surface area contributed by atoms with Crippen LogP contribution in [-0.2, 0) is 4.74 Å². The van der Waals surface area contributed by atoms with Crippen molar-refractivity contribution in [2.24, 2.45) is 10.7 Å². The number of hydrogen-bond acceptors (Lipinski definition) is 6. The lowest BCUT2D eigenvalue weighted by atomic mass is 10.3. The van der Waals surface area contributed by atoms with Crippen LogP contribution in [0.4, 0.5) is 17.2 Å². The van der Waals surface area contributed by atoms with E-state index in [-0.39, 0.29) is 5.84 Å². The van der Waals surface area contributed by atoms with Crippen molar-refractivity contribution in [3.63, 3.8) is 0 Å². The van der Waals surface area contributed by atoms with Crippen LogP contribution in [0.15, 0.2) is 35.6 Å². The number of nitrogens with zero attached hydrogens (tertiary/aromatic N) is 4. The average molecular weight is 333 g/mol. The SMILES string of the molecule is NC(=Nc1cnc(N2CCOCC2)c(Cl)c1)c1ncccc1N. The Bertz CT molecular complexity index is 730. The second kappa shape index (κ2) is 6.80. The Balaban J connectivity index is 1.85. The standard InChI is InChI=1S/C15H17ClN6O/c16-11-8-10(9-20-15(11)22-4-6-23-7-5-22)21-14(18)13-12(17)2-1-3-19-13/h1-3,8-9H,4-7,17H2,(H2,18,21). The monoisotopic (exact) mass is 332 g/mol. The summed E-state index contributed by atoms with van der Waals surface area (Å²) >= 11 is 6.33. The second-order valence-electron chi connectivity index (χ2n) is 5.04. The number of nitrogens with two attached hydrogens (primary N) is 2. The van der Waals surface area contributed by atoms with Crippen molar-refractivity contribution in [3.05, 3.63) is 41.3 Å². The maximum absolute atomic E-state index is 6.33. The number of rotatable bonds is 3. The molecule has 0 atom stereocenters. The van der Waals surface area contributed by atoms with E-state index in [1.54, 1.807) is 30.6 Å². The van der Waals surface area contributed by atoms with Gasteiger partial charge in [0.05, 0.1) is 35.8 Å². The third-order valence-electron chi connectivity index (χ3n) is 3.45. The van der Waals surface area contributed by atoms with Crippen LogP contribution in [0.5, 0.6) is 0 Å². The van der Waals surface area contributed by atoms with E-state index in [9.17, 15) is 0 Å². The molecular formula is C15H17ClN6O. The van der Waals surface area contributed by atoms with Crippen molar-refractivity contribution in [1.29, 1.82) is 0 Å². The minimum Gasteiger partial charge on any atom is -0.397 e. The molecule has 7 nitrogen and oxygen atoms in total. The molecule has 0 bridgehead atoms. The lowest BCUT2D eigenvalue weighted by molar-refractivity contribution is 0.122. The van der Waals surface area contributed by atoms with Gasteiger partial charge in [-0.3, -0.25) is 4.98 Å². The highest BCUT2D eigenvalue weighted by molar-refractivity contribution is 6.33. The largest absolute Gasteiger partial charge is 0.397 e. The lowest BCUT2D eigenvalue weighted by Gasteiger charge is -2.28. The molecule has 0 aliphatic carbocycles. The van der Waals surface area contributed by atoms with Crippen LogP contribution in [0.2, 0.25) is 5.02 Å². The Hall–Kier alpha value is -2.38. The summed E-state index contributed by atoms with van der Waals surface area (Å²) in [6.07, 6.45) is 3.24. The molecule has 0 saturated carbocycles. The second-order valence-corrected chi connectivity index (χ2v) is 5.44. The van der Waals surface area contributed by atoms with Crippen LogP contribution >= 0.6 is 11.6 Å². The average Bonchev–Trinajstić information content (AvgIpc) is 2.56. The van der Waals surface area contributed by atoms with Crippen molar-refractivity contribution in [1.82, 2.24) is 9.97 Å². The maximum atomic E-state index is 6.33. The van der Waals surface area contributed by atoms with Crippen molar-refractivity contribution < 1.29 is 4.74 Å². The number of pyridine rings is 2. The summed E-state index contributed by atoms with van der Waals surface area (Å²) in [6.45, 7) is 2.87. The summed E-state index contributed by atoms with van der Waals surface area (Å²) in [5.41, 5.74) is 13.3. The van der Waals surface area contributed by atoms with Crippen molar-refractivity contribution in [2.75, 3.05) is 36.9 Å². The molecule has 3 rings (SSSR count). The predicted molar refractivity (Wildman–Crippen MR) is 91.3 cm³/mol. The molecule has 0 spiro atoms. The number of nitrogen functional groups attached to an aromatic ring is 1. The highest BCUT2D eigenvalue weighted by atomic mass is 35.5. The van der Waals surface area contributed by atoms with Gasteiger partial charge >= 0.3 is 0 Å². The molecule has 3 heterocycles. The molecule has 1 saturated heterocycles. The highest BCUT2D eigenvalue weighted by Gasteiger charge is 2.16. The van der Waals surface area contributed by atoms with Gasteiger partial charge in [-0.25, -0.2) is 9.98 Å².